The van der Waals surface area contributed by atoms with E-state index in [2.05, 4.69) is 40.8 Å². The molecule has 3 rings (SSSR count). The van der Waals surface area contributed by atoms with Crippen molar-refractivity contribution in [2.75, 3.05) is 0 Å². The number of benzene rings is 1. The Hall–Kier alpha value is -1.41. The molecule has 0 aliphatic heterocycles. The summed E-state index contributed by atoms with van der Waals surface area (Å²) in [7, 11) is 0. The van der Waals surface area contributed by atoms with Crippen LogP contribution in [-0.4, -0.2) is 4.37 Å². The lowest BCUT2D eigenvalue weighted by molar-refractivity contribution is 1.33. The first-order valence-electron chi connectivity index (χ1n) is 4.59. The molecule has 0 bridgehead atoms. The molecular formula is C12H9NS. The van der Waals surface area contributed by atoms with Crippen molar-refractivity contribution in [1.82, 2.24) is 4.37 Å². The fraction of sp³-hybridized carbons (Fsp3) is 0.0833. The van der Waals surface area contributed by atoms with Crippen molar-refractivity contribution in [3.8, 4) is 0 Å². The minimum Gasteiger partial charge on any atom is -0.197 e. The molecule has 0 saturated heterocycles. The molecule has 2 aromatic carbocycles. The SMILES string of the molecule is Cc1cc2c(ccc3cccc32)sn1. The second-order valence-corrected chi connectivity index (χ2v) is 4.28. The zero-order valence-corrected chi connectivity index (χ0v) is 8.64. The summed E-state index contributed by atoms with van der Waals surface area (Å²) < 4.78 is 5.60. The smallest absolute Gasteiger partial charge is 0.0541 e. The van der Waals surface area contributed by atoms with Gasteiger partial charge >= 0.3 is 0 Å². The highest BCUT2D eigenvalue weighted by atomic mass is 32.1. The van der Waals surface area contributed by atoms with Gasteiger partial charge in [-0.25, -0.2) is 0 Å². The average molecular weight is 199 g/mol. The van der Waals surface area contributed by atoms with Gasteiger partial charge in [0.15, 0.2) is 0 Å². The van der Waals surface area contributed by atoms with Crippen LogP contribution in [0.2, 0.25) is 0 Å². The first kappa shape index (κ1) is 7.94. The number of aromatic nitrogens is 1. The van der Waals surface area contributed by atoms with Crippen LogP contribution in [0.4, 0.5) is 0 Å². The molecule has 1 heterocycles. The molecule has 0 aliphatic rings. The number of hydrogen-bond acceptors (Lipinski definition) is 2. The lowest BCUT2D eigenvalue weighted by Gasteiger charge is -1.99. The lowest BCUT2D eigenvalue weighted by Crippen LogP contribution is -1.77. The third kappa shape index (κ3) is 1.04. The molecule has 0 fully saturated rings. The molecule has 0 spiro atoms. The van der Waals surface area contributed by atoms with Crippen molar-refractivity contribution < 1.29 is 0 Å². The van der Waals surface area contributed by atoms with Crippen LogP contribution in [0.3, 0.4) is 0 Å². The Kier molecular flexibility index (Phi) is 1.58. The fourth-order valence-electron chi connectivity index (χ4n) is 1.80. The Bertz CT molecular complexity index is 610. The molecule has 0 radical (unpaired) electrons. The van der Waals surface area contributed by atoms with E-state index in [9.17, 15) is 0 Å². The molecule has 2 heteroatoms. The third-order valence-electron chi connectivity index (χ3n) is 2.46. The normalized spacial score (nSPS) is 11.2. The van der Waals surface area contributed by atoms with Crippen LogP contribution in [0.25, 0.3) is 20.9 Å². The van der Waals surface area contributed by atoms with E-state index in [0.29, 0.717) is 0 Å². The van der Waals surface area contributed by atoms with Crippen LogP contribution in [0.15, 0.2) is 36.4 Å². The first-order valence-corrected chi connectivity index (χ1v) is 5.37. The minimum atomic E-state index is 1.09. The number of rotatable bonds is 0. The standard InChI is InChI=1S/C12H9NS/c1-8-7-11-10-4-2-3-9(10)5-6-12(11)14-13-8/h2-7H,1H3. The van der Waals surface area contributed by atoms with Crippen LogP contribution < -0.4 is 0 Å². The summed E-state index contributed by atoms with van der Waals surface area (Å²) in [5.74, 6) is 0. The Morgan fingerprint density at radius 1 is 1.07 bits per heavy atom. The second-order valence-electron chi connectivity index (χ2n) is 3.47. The van der Waals surface area contributed by atoms with Gasteiger partial charge in [-0.2, -0.15) is 4.37 Å². The average Bonchev–Trinajstić information content (AvgIpc) is 2.65. The van der Waals surface area contributed by atoms with Gasteiger partial charge in [-0.3, -0.25) is 0 Å². The maximum absolute atomic E-state index is 4.34. The maximum atomic E-state index is 4.34. The van der Waals surface area contributed by atoms with Gasteiger partial charge in [0.25, 0.3) is 0 Å². The minimum absolute atomic E-state index is 1.09. The molecule has 14 heavy (non-hydrogen) atoms. The lowest BCUT2D eigenvalue weighted by atomic mass is 10.1. The summed E-state index contributed by atoms with van der Waals surface area (Å²) >= 11 is 1.57. The summed E-state index contributed by atoms with van der Waals surface area (Å²) in [6.07, 6.45) is 0. The van der Waals surface area contributed by atoms with Crippen molar-refractivity contribution in [1.29, 1.82) is 0 Å². The molecule has 0 N–H and O–H groups in total. The highest BCUT2D eigenvalue weighted by Crippen LogP contribution is 2.27. The summed E-state index contributed by atoms with van der Waals surface area (Å²) in [4.78, 5) is 0. The van der Waals surface area contributed by atoms with E-state index in [-0.39, 0.29) is 0 Å². The number of nitrogens with zero attached hydrogens (tertiary/aromatic N) is 1. The Morgan fingerprint density at radius 2 is 2.00 bits per heavy atom. The van der Waals surface area contributed by atoms with Crippen LogP contribution in [0.5, 0.6) is 0 Å². The Balaban J connectivity index is 2.60. The maximum Gasteiger partial charge on any atom is 0.0541 e. The predicted molar refractivity (Wildman–Crippen MR) is 61.9 cm³/mol. The highest BCUT2D eigenvalue weighted by Gasteiger charge is 2.01. The molecule has 0 amide bonds. The van der Waals surface area contributed by atoms with Gasteiger partial charge in [0, 0.05) is 5.39 Å². The van der Waals surface area contributed by atoms with Crippen molar-refractivity contribution in [2.24, 2.45) is 0 Å². The van der Waals surface area contributed by atoms with E-state index in [1.165, 1.54) is 20.9 Å². The Morgan fingerprint density at radius 3 is 2.93 bits per heavy atom. The van der Waals surface area contributed by atoms with Gasteiger partial charge in [-0.05, 0) is 41.4 Å². The largest absolute Gasteiger partial charge is 0.197 e. The van der Waals surface area contributed by atoms with E-state index < -0.39 is 0 Å². The molecule has 0 aliphatic carbocycles. The quantitative estimate of drug-likeness (QED) is 0.537. The van der Waals surface area contributed by atoms with Gasteiger partial charge < -0.3 is 0 Å². The number of hydrogen-bond donors (Lipinski definition) is 0. The van der Waals surface area contributed by atoms with Gasteiger partial charge in [0.1, 0.15) is 0 Å². The van der Waals surface area contributed by atoms with Gasteiger partial charge in [-0.1, -0.05) is 24.3 Å². The van der Waals surface area contributed by atoms with Gasteiger partial charge in [0.05, 0.1) is 10.4 Å². The molecule has 0 unspecified atom stereocenters. The molecule has 1 aromatic heterocycles. The van der Waals surface area contributed by atoms with E-state index in [0.717, 1.165) is 5.69 Å². The Labute approximate surface area is 86.2 Å². The molecule has 68 valence electrons. The second kappa shape index (κ2) is 2.79. The summed E-state index contributed by atoms with van der Waals surface area (Å²) in [5, 5.41) is 3.98. The summed E-state index contributed by atoms with van der Waals surface area (Å²) in [6.45, 7) is 2.04. The molecule has 1 nitrogen and oxygen atoms in total. The molecule has 0 saturated carbocycles. The predicted octanol–water partition coefficient (Wildman–Crippen LogP) is 3.76. The van der Waals surface area contributed by atoms with Crippen molar-refractivity contribution in [3.63, 3.8) is 0 Å². The van der Waals surface area contributed by atoms with Crippen molar-refractivity contribution in [3.05, 3.63) is 42.1 Å². The summed E-state index contributed by atoms with van der Waals surface area (Å²) in [5.41, 5.74) is 1.09. The van der Waals surface area contributed by atoms with Crippen LogP contribution in [0.1, 0.15) is 5.69 Å². The molecule has 0 atom stereocenters. The van der Waals surface area contributed by atoms with Gasteiger partial charge in [0.2, 0.25) is 0 Å². The van der Waals surface area contributed by atoms with Crippen LogP contribution >= 0.6 is 11.5 Å². The van der Waals surface area contributed by atoms with Crippen LogP contribution in [-0.2, 0) is 0 Å². The van der Waals surface area contributed by atoms with Crippen LogP contribution in [0, 0.1) is 6.92 Å². The monoisotopic (exact) mass is 199 g/mol. The topological polar surface area (TPSA) is 12.9 Å². The zero-order valence-electron chi connectivity index (χ0n) is 7.82. The first-order chi connectivity index (χ1) is 6.84. The van der Waals surface area contributed by atoms with E-state index in [4.69, 9.17) is 0 Å². The fourth-order valence-corrected chi connectivity index (χ4v) is 2.49. The summed E-state index contributed by atoms with van der Waals surface area (Å²) in [6, 6.07) is 12.9. The molecular weight excluding hydrogens is 190 g/mol. The van der Waals surface area contributed by atoms with E-state index >= 15 is 0 Å². The van der Waals surface area contributed by atoms with Crippen molar-refractivity contribution in [2.45, 2.75) is 6.92 Å². The van der Waals surface area contributed by atoms with E-state index in [1.807, 2.05) is 6.92 Å². The van der Waals surface area contributed by atoms with E-state index in [1.54, 1.807) is 11.5 Å². The highest BCUT2D eigenvalue weighted by molar-refractivity contribution is 7.13. The third-order valence-corrected chi connectivity index (χ3v) is 3.39. The van der Waals surface area contributed by atoms with Gasteiger partial charge in [-0.15, -0.1) is 0 Å². The van der Waals surface area contributed by atoms with Crippen molar-refractivity contribution >= 4 is 32.4 Å². The number of fused-ring (bicyclic) bond motifs is 3. The molecule has 3 aromatic rings. The number of aryl methyl sites for hydroxylation is 1. The zero-order chi connectivity index (χ0) is 9.54.